The van der Waals surface area contributed by atoms with E-state index in [9.17, 15) is 0 Å². The number of hydrogen-bond donors (Lipinski definition) is 1. The van der Waals surface area contributed by atoms with Gasteiger partial charge in [0.2, 0.25) is 0 Å². The number of H-pyrrole nitrogens is 1. The molecule has 0 unspecified atom stereocenters. The molecule has 0 atom stereocenters. The van der Waals surface area contributed by atoms with Gasteiger partial charge < -0.3 is 9.88 Å². The van der Waals surface area contributed by atoms with E-state index in [1.54, 1.807) is 0 Å². The molecule has 2 nitrogen and oxygen atoms in total. The number of nitrogens with one attached hydrogen (secondary N) is 1. The van der Waals surface area contributed by atoms with Crippen molar-refractivity contribution in [3.05, 3.63) is 119 Å². The molecule has 1 N–H and O–H groups in total. The number of benzene rings is 4. The summed E-state index contributed by atoms with van der Waals surface area (Å²) in [6.07, 6.45) is 5.51. The largest absolute Gasteiger partial charge is 0.354 e. The Hall–Kier alpha value is -4.08. The first-order valence-electron chi connectivity index (χ1n) is 11.5. The molecule has 4 aromatic carbocycles. The van der Waals surface area contributed by atoms with Crippen molar-refractivity contribution >= 4 is 66.8 Å². The van der Waals surface area contributed by atoms with Crippen molar-refractivity contribution in [1.82, 2.24) is 4.98 Å². The third kappa shape index (κ3) is 2.87. The number of allylic oxidation sites excluding steroid dienone is 1. The molecule has 0 amide bonds. The van der Waals surface area contributed by atoms with Crippen LogP contribution in [0.2, 0.25) is 0 Å². The van der Waals surface area contributed by atoms with Gasteiger partial charge in [-0.05, 0) is 53.6 Å². The van der Waals surface area contributed by atoms with E-state index in [1.807, 2.05) is 11.3 Å². The molecule has 0 aliphatic carbocycles. The van der Waals surface area contributed by atoms with Crippen LogP contribution in [0.25, 0.3) is 44.0 Å². The van der Waals surface area contributed by atoms with Gasteiger partial charge in [-0.3, -0.25) is 0 Å². The van der Waals surface area contributed by atoms with Crippen LogP contribution in [0.15, 0.2) is 103 Å². The Bertz CT molecular complexity index is 1850. The summed E-state index contributed by atoms with van der Waals surface area (Å²) in [5.41, 5.74) is 6.97. The lowest BCUT2D eigenvalue weighted by Crippen LogP contribution is -2.21. The smallest absolute Gasteiger partial charge is 0.0559 e. The van der Waals surface area contributed by atoms with Gasteiger partial charge in [0.05, 0.1) is 5.52 Å². The zero-order chi connectivity index (χ0) is 22.6. The normalized spacial score (nSPS) is 15.6. The van der Waals surface area contributed by atoms with Gasteiger partial charge in [-0.2, -0.15) is 0 Å². The van der Waals surface area contributed by atoms with Crippen molar-refractivity contribution < 1.29 is 0 Å². The van der Waals surface area contributed by atoms with Gasteiger partial charge in [0, 0.05) is 48.0 Å². The minimum atomic E-state index is 0.857. The van der Waals surface area contributed by atoms with Gasteiger partial charge in [-0.15, -0.1) is 11.3 Å². The van der Waals surface area contributed by atoms with E-state index >= 15 is 0 Å². The summed E-state index contributed by atoms with van der Waals surface area (Å²) in [4.78, 5) is 5.99. The predicted octanol–water partition coefficient (Wildman–Crippen LogP) is 7.00. The Labute approximate surface area is 201 Å². The minimum absolute atomic E-state index is 0.857. The number of para-hydroxylation sites is 3. The lowest BCUT2D eigenvalue weighted by Gasteiger charge is -2.27. The summed E-state index contributed by atoms with van der Waals surface area (Å²) in [5, 5.41) is 5.16. The standard InChI is InChI=1S/C31H22N2S/c1-20-19-29-25(16-15-21-9-5-8-14-27(21)33(20)22-10-3-2-4-11-22)30-28(34-29)18-17-24-23-12-6-7-13-26(23)32-31(24)30/h2-14,16-19,32H,1,15H2/b25-16+,29-19+. The highest BCUT2D eigenvalue weighted by Crippen LogP contribution is 2.34. The number of aromatic nitrogens is 1. The summed E-state index contributed by atoms with van der Waals surface area (Å²) in [7, 11) is 0. The summed E-state index contributed by atoms with van der Waals surface area (Å²) < 4.78 is 2.55. The molecule has 6 aromatic rings. The maximum absolute atomic E-state index is 4.54. The van der Waals surface area contributed by atoms with Gasteiger partial charge in [-0.25, -0.2) is 0 Å². The fourth-order valence-corrected chi connectivity index (χ4v) is 6.40. The molecule has 1 aliphatic heterocycles. The highest BCUT2D eigenvalue weighted by atomic mass is 32.1. The number of hydrogen-bond acceptors (Lipinski definition) is 2. The Morgan fingerprint density at radius 2 is 1.59 bits per heavy atom. The third-order valence-electron chi connectivity index (χ3n) is 6.76. The lowest BCUT2D eigenvalue weighted by molar-refractivity contribution is 1.19. The number of aromatic amines is 1. The number of anilines is 2. The lowest BCUT2D eigenvalue weighted by atomic mass is 10.1. The van der Waals surface area contributed by atoms with Crippen molar-refractivity contribution in [1.29, 1.82) is 0 Å². The van der Waals surface area contributed by atoms with Gasteiger partial charge in [0.15, 0.2) is 0 Å². The zero-order valence-corrected chi connectivity index (χ0v) is 19.4. The Kier molecular flexibility index (Phi) is 4.26. The van der Waals surface area contributed by atoms with Crippen LogP contribution in [-0.2, 0) is 6.42 Å². The van der Waals surface area contributed by atoms with Crippen molar-refractivity contribution in [2.45, 2.75) is 6.42 Å². The summed E-state index contributed by atoms with van der Waals surface area (Å²) >= 11 is 1.84. The number of rotatable bonds is 1. The van der Waals surface area contributed by atoms with E-state index in [1.165, 1.54) is 52.9 Å². The van der Waals surface area contributed by atoms with Crippen LogP contribution in [0.3, 0.4) is 0 Å². The van der Waals surface area contributed by atoms with Gasteiger partial charge in [0.25, 0.3) is 0 Å². The molecule has 0 spiro atoms. The molecule has 0 fully saturated rings. The van der Waals surface area contributed by atoms with Crippen LogP contribution in [0.4, 0.5) is 11.4 Å². The first kappa shape index (κ1) is 19.4. The van der Waals surface area contributed by atoms with E-state index < -0.39 is 0 Å². The van der Waals surface area contributed by atoms with Crippen LogP contribution >= 0.6 is 11.3 Å². The summed E-state index contributed by atoms with van der Waals surface area (Å²) in [6.45, 7) is 4.54. The van der Waals surface area contributed by atoms with E-state index in [0.717, 1.165) is 17.8 Å². The molecule has 3 heterocycles. The Morgan fingerprint density at radius 1 is 0.794 bits per heavy atom. The predicted molar refractivity (Wildman–Crippen MR) is 147 cm³/mol. The molecule has 2 aromatic heterocycles. The topological polar surface area (TPSA) is 19.0 Å². The second-order valence-corrected chi connectivity index (χ2v) is 9.84. The van der Waals surface area contributed by atoms with Crippen molar-refractivity contribution in [3.8, 4) is 0 Å². The maximum Gasteiger partial charge on any atom is 0.0559 e. The summed E-state index contributed by atoms with van der Waals surface area (Å²) in [5.74, 6) is 0. The number of fused-ring (bicyclic) bond motifs is 8. The average molecular weight is 455 g/mol. The number of thiophene rings is 1. The molecular formula is C31H22N2S. The fraction of sp³-hybridized carbons (Fsp3) is 0.0323. The van der Waals surface area contributed by atoms with Crippen LogP contribution in [0, 0.1) is 0 Å². The molecule has 162 valence electrons. The van der Waals surface area contributed by atoms with Gasteiger partial charge in [-0.1, -0.05) is 73.3 Å². The average Bonchev–Trinajstić information content (AvgIpc) is 3.42. The maximum atomic E-state index is 4.54. The van der Waals surface area contributed by atoms with E-state index in [0.29, 0.717) is 0 Å². The second kappa shape index (κ2) is 7.47. The first-order chi connectivity index (χ1) is 16.8. The second-order valence-electron chi connectivity index (χ2n) is 8.76. The monoisotopic (exact) mass is 454 g/mol. The molecule has 7 rings (SSSR count). The van der Waals surface area contributed by atoms with Crippen molar-refractivity contribution in [2.24, 2.45) is 0 Å². The summed E-state index contributed by atoms with van der Waals surface area (Å²) in [6, 6.07) is 32.3. The first-order valence-corrected chi connectivity index (χ1v) is 12.4. The molecule has 0 radical (unpaired) electrons. The molecule has 1 aliphatic rings. The Balaban J connectivity index is 1.57. The highest BCUT2D eigenvalue weighted by Gasteiger charge is 2.18. The van der Waals surface area contributed by atoms with Gasteiger partial charge >= 0.3 is 0 Å². The van der Waals surface area contributed by atoms with E-state index in [-0.39, 0.29) is 0 Å². The molecule has 0 saturated carbocycles. The van der Waals surface area contributed by atoms with Gasteiger partial charge in [0.1, 0.15) is 0 Å². The van der Waals surface area contributed by atoms with Crippen LogP contribution in [-0.4, -0.2) is 4.98 Å². The molecule has 3 heteroatoms. The number of nitrogens with zero attached hydrogens (tertiary/aromatic N) is 1. The van der Waals surface area contributed by atoms with E-state index in [4.69, 9.17) is 0 Å². The zero-order valence-electron chi connectivity index (χ0n) is 18.6. The quantitative estimate of drug-likeness (QED) is 0.283. The van der Waals surface area contributed by atoms with E-state index in [2.05, 4.69) is 120 Å². The van der Waals surface area contributed by atoms with Crippen LogP contribution < -0.4 is 14.7 Å². The minimum Gasteiger partial charge on any atom is -0.354 e. The Morgan fingerprint density at radius 3 is 2.50 bits per heavy atom. The molecule has 0 bridgehead atoms. The SMILES string of the molecule is C=C1/C=c2/sc3ccc4c5ccccc5[nH]c4c3/c2=C/Cc2ccccc2N1c1ccccc1. The van der Waals surface area contributed by atoms with Crippen LogP contribution in [0.5, 0.6) is 0 Å². The van der Waals surface area contributed by atoms with Crippen molar-refractivity contribution in [2.75, 3.05) is 4.90 Å². The van der Waals surface area contributed by atoms with Crippen LogP contribution in [0.1, 0.15) is 5.56 Å². The fourth-order valence-electron chi connectivity index (χ4n) is 5.22. The highest BCUT2D eigenvalue weighted by molar-refractivity contribution is 7.17. The molecule has 34 heavy (non-hydrogen) atoms. The van der Waals surface area contributed by atoms with Crippen molar-refractivity contribution in [3.63, 3.8) is 0 Å². The molecular weight excluding hydrogens is 432 g/mol. The third-order valence-corrected chi connectivity index (χ3v) is 7.87. The molecule has 0 saturated heterocycles.